The van der Waals surface area contributed by atoms with E-state index in [-0.39, 0.29) is 5.69 Å². The lowest BCUT2D eigenvalue weighted by Gasteiger charge is -2.03. The molecule has 0 radical (unpaired) electrons. The lowest BCUT2D eigenvalue weighted by atomic mass is 10.3. The first-order valence-electron chi connectivity index (χ1n) is 4.72. The third-order valence-electron chi connectivity index (χ3n) is 1.99. The highest BCUT2D eigenvalue weighted by Gasteiger charge is 2.04. The van der Waals surface area contributed by atoms with Gasteiger partial charge in [0.15, 0.2) is 5.69 Å². The minimum absolute atomic E-state index is 0.0180. The van der Waals surface area contributed by atoms with Crippen molar-refractivity contribution in [3.63, 3.8) is 0 Å². The Balaban J connectivity index is 2.04. The van der Waals surface area contributed by atoms with E-state index in [0.29, 0.717) is 12.4 Å². The number of carboxylic acids is 1. The Morgan fingerprint density at radius 1 is 1.38 bits per heavy atom. The van der Waals surface area contributed by atoms with Gasteiger partial charge in [0, 0.05) is 0 Å². The summed E-state index contributed by atoms with van der Waals surface area (Å²) >= 11 is 0. The lowest BCUT2D eigenvalue weighted by Crippen LogP contribution is -2.05. The Kier molecular flexibility index (Phi) is 2.86. The van der Waals surface area contributed by atoms with E-state index in [1.807, 2.05) is 6.07 Å². The van der Waals surface area contributed by atoms with E-state index in [2.05, 4.69) is 10.3 Å². The van der Waals surface area contributed by atoms with Crippen LogP contribution in [0.5, 0.6) is 0 Å². The number of carboxylic acid groups (broad SMARTS) is 1. The second-order valence-electron chi connectivity index (χ2n) is 3.15. The number of aromatic nitrogens is 1. The summed E-state index contributed by atoms with van der Waals surface area (Å²) in [6.45, 7) is 0.475. The van der Waals surface area contributed by atoms with Gasteiger partial charge < -0.3 is 14.8 Å². The molecule has 0 spiro atoms. The number of nitrogens with one attached hydrogen (secondary N) is 1. The van der Waals surface area contributed by atoms with Gasteiger partial charge in [0.05, 0.1) is 12.8 Å². The topological polar surface area (TPSA) is 75.4 Å². The molecule has 0 aliphatic rings. The number of carbonyl (C=O) groups is 1. The summed E-state index contributed by atoms with van der Waals surface area (Å²) in [7, 11) is 0. The number of nitrogens with zero attached hydrogens (tertiary/aromatic N) is 1. The molecular formula is C11H10N2O3. The van der Waals surface area contributed by atoms with Crippen molar-refractivity contribution in [1.82, 2.24) is 4.98 Å². The average molecular weight is 218 g/mol. The molecule has 0 bridgehead atoms. The molecule has 0 saturated heterocycles. The molecule has 0 atom stereocenters. The highest BCUT2D eigenvalue weighted by Crippen LogP contribution is 2.07. The van der Waals surface area contributed by atoms with Gasteiger partial charge in [0.1, 0.15) is 11.6 Å². The molecular weight excluding hydrogens is 208 g/mol. The minimum atomic E-state index is -1.04. The lowest BCUT2D eigenvalue weighted by molar-refractivity contribution is 0.0690. The van der Waals surface area contributed by atoms with E-state index < -0.39 is 5.97 Å². The summed E-state index contributed by atoms with van der Waals surface area (Å²) in [5.74, 6) is 0.237. The maximum absolute atomic E-state index is 10.7. The van der Waals surface area contributed by atoms with E-state index in [4.69, 9.17) is 9.52 Å². The second kappa shape index (κ2) is 4.48. The summed E-state index contributed by atoms with van der Waals surface area (Å²) in [5.41, 5.74) is 0.0180. The van der Waals surface area contributed by atoms with Crippen molar-refractivity contribution >= 4 is 11.8 Å². The SMILES string of the molecule is O=C(O)c1cccc(NCc2ccco2)n1. The molecule has 16 heavy (non-hydrogen) atoms. The van der Waals surface area contributed by atoms with Crippen LogP contribution in [0.2, 0.25) is 0 Å². The zero-order valence-corrected chi connectivity index (χ0v) is 8.38. The largest absolute Gasteiger partial charge is 0.477 e. The average Bonchev–Trinajstić information content (AvgIpc) is 2.79. The quantitative estimate of drug-likeness (QED) is 0.820. The fraction of sp³-hybridized carbons (Fsp3) is 0.0909. The molecule has 2 N–H and O–H groups in total. The Bertz CT molecular complexity index is 480. The van der Waals surface area contributed by atoms with Crippen LogP contribution in [0.4, 0.5) is 5.82 Å². The third-order valence-corrected chi connectivity index (χ3v) is 1.99. The minimum Gasteiger partial charge on any atom is -0.477 e. The van der Waals surface area contributed by atoms with Crippen molar-refractivity contribution in [1.29, 1.82) is 0 Å². The first kappa shape index (κ1) is 10.2. The second-order valence-corrected chi connectivity index (χ2v) is 3.15. The Labute approximate surface area is 91.7 Å². The highest BCUT2D eigenvalue weighted by molar-refractivity contribution is 5.85. The maximum Gasteiger partial charge on any atom is 0.354 e. The van der Waals surface area contributed by atoms with Crippen LogP contribution in [0.3, 0.4) is 0 Å². The molecule has 0 saturated carbocycles. The normalized spacial score (nSPS) is 10.0. The number of hydrogen-bond donors (Lipinski definition) is 2. The molecule has 0 unspecified atom stereocenters. The van der Waals surface area contributed by atoms with Crippen LogP contribution in [-0.4, -0.2) is 16.1 Å². The zero-order chi connectivity index (χ0) is 11.4. The predicted molar refractivity (Wildman–Crippen MR) is 57.2 cm³/mol. The van der Waals surface area contributed by atoms with Crippen LogP contribution in [-0.2, 0) is 6.54 Å². The van der Waals surface area contributed by atoms with Gasteiger partial charge in [-0.15, -0.1) is 0 Å². The number of anilines is 1. The van der Waals surface area contributed by atoms with Crippen LogP contribution in [0.15, 0.2) is 41.0 Å². The summed E-state index contributed by atoms with van der Waals surface area (Å²) in [6, 6.07) is 8.41. The molecule has 0 amide bonds. The van der Waals surface area contributed by atoms with Crippen molar-refractivity contribution in [2.75, 3.05) is 5.32 Å². The van der Waals surface area contributed by atoms with E-state index in [9.17, 15) is 4.79 Å². The molecule has 82 valence electrons. The molecule has 5 nitrogen and oxygen atoms in total. The van der Waals surface area contributed by atoms with Crippen LogP contribution in [0, 0.1) is 0 Å². The standard InChI is InChI=1S/C11H10N2O3/c14-11(15)9-4-1-5-10(13-9)12-7-8-3-2-6-16-8/h1-6H,7H2,(H,12,13)(H,14,15). The molecule has 2 aromatic rings. The monoisotopic (exact) mass is 218 g/mol. The predicted octanol–water partition coefficient (Wildman–Crippen LogP) is 1.98. The molecule has 0 aliphatic heterocycles. The summed E-state index contributed by atoms with van der Waals surface area (Å²) in [6.07, 6.45) is 1.58. The van der Waals surface area contributed by atoms with Gasteiger partial charge in [0.25, 0.3) is 0 Å². The van der Waals surface area contributed by atoms with Crippen molar-refractivity contribution < 1.29 is 14.3 Å². The molecule has 0 aromatic carbocycles. The van der Waals surface area contributed by atoms with E-state index >= 15 is 0 Å². The Hall–Kier alpha value is -2.30. The van der Waals surface area contributed by atoms with Gasteiger partial charge in [0.2, 0.25) is 0 Å². The van der Waals surface area contributed by atoms with Crippen LogP contribution < -0.4 is 5.32 Å². The fourth-order valence-corrected chi connectivity index (χ4v) is 1.24. The first-order valence-corrected chi connectivity index (χ1v) is 4.72. The van der Waals surface area contributed by atoms with Crippen molar-refractivity contribution in [3.05, 3.63) is 48.0 Å². The van der Waals surface area contributed by atoms with Gasteiger partial charge in [-0.2, -0.15) is 0 Å². The van der Waals surface area contributed by atoms with Gasteiger partial charge >= 0.3 is 5.97 Å². The van der Waals surface area contributed by atoms with Gasteiger partial charge in [-0.3, -0.25) is 0 Å². The number of aromatic carboxylic acids is 1. The Morgan fingerprint density at radius 2 is 2.25 bits per heavy atom. The van der Waals surface area contributed by atoms with Crippen LogP contribution in [0.1, 0.15) is 16.2 Å². The van der Waals surface area contributed by atoms with Gasteiger partial charge in [-0.05, 0) is 24.3 Å². The van der Waals surface area contributed by atoms with Crippen LogP contribution >= 0.6 is 0 Å². The maximum atomic E-state index is 10.7. The smallest absolute Gasteiger partial charge is 0.354 e. The Morgan fingerprint density at radius 3 is 2.94 bits per heavy atom. The summed E-state index contributed by atoms with van der Waals surface area (Å²) in [5, 5.41) is 11.7. The van der Waals surface area contributed by atoms with Gasteiger partial charge in [-0.1, -0.05) is 6.07 Å². The van der Waals surface area contributed by atoms with Crippen molar-refractivity contribution in [2.45, 2.75) is 6.54 Å². The van der Waals surface area contributed by atoms with Gasteiger partial charge in [-0.25, -0.2) is 9.78 Å². The summed E-state index contributed by atoms with van der Waals surface area (Å²) < 4.78 is 5.13. The van der Waals surface area contributed by atoms with E-state index in [1.54, 1.807) is 24.5 Å². The van der Waals surface area contributed by atoms with Crippen molar-refractivity contribution in [3.8, 4) is 0 Å². The van der Waals surface area contributed by atoms with E-state index in [1.165, 1.54) is 6.07 Å². The first-order chi connectivity index (χ1) is 7.75. The fourth-order valence-electron chi connectivity index (χ4n) is 1.24. The number of rotatable bonds is 4. The molecule has 5 heteroatoms. The number of pyridine rings is 1. The van der Waals surface area contributed by atoms with E-state index in [0.717, 1.165) is 5.76 Å². The molecule has 0 fully saturated rings. The molecule has 2 aromatic heterocycles. The molecule has 2 rings (SSSR count). The highest BCUT2D eigenvalue weighted by atomic mass is 16.4. The third kappa shape index (κ3) is 2.38. The molecule has 0 aliphatic carbocycles. The molecule has 2 heterocycles. The van der Waals surface area contributed by atoms with Crippen LogP contribution in [0.25, 0.3) is 0 Å². The summed E-state index contributed by atoms with van der Waals surface area (Å²) in [4.78, 5) is 14.6. The number of hydrogen-bond acceptors (Lipinski definition) is 4. The zero-order valence-electron chi connectivity index (χ0n) is 8.38. The van der Waals surface area contributed by atoms with Crippen molar-refractivity contribution in [2.24, 2.45) is 0 Å². The number of furan rings is 1.